The number of nitrogens with zero attached hydrogens (tertiary/aromatic N) is 1. The van der Waals surface area contributed by atoms with E-state index >= 15 is 0 Å². The van der Waals surface area contributed by atoms with E-state index in [9.17, 15) is 9.59 Å². The number of halogens is 2. The first kappa shape index (κ1) is 25.2. The molecule has 0 aromatic heterocycles. The third-order valence-electron chi connectivity index (χ3n) is 4.61. The number of amides is 2. The van der Waals surface area contributed by atoms with E-state index in [1.165, 1.54) is 0 Å². The Kier molecular flexibility index (Phi) is 9.38. The van der Waals surface area contributed by atoms with E-state index in [1.807, 2.05) is 58.0 Å². The molecule has 2 aromatic carbocycles. The summed E-state index contributed by atoms with van der Waals surface area (Å²) in [6.07, 6.45) is 1.16. The Morgan fingerprint density at radius 2 is 1.84 bits per heavy atom. The zero-order valence-corrected chi connectivity index (χ0v) is 20.8. The highest BCUT2D eigenvalue weighted by molar-refractivity contribution is 9.10. The van der Waals surface area contributed by atoms with Crippen molar-refractivity contribution in [3.8, 4) is 5.75 Å². The zero-order valence-electron chi connectivity index (χ0n) is 18.5. The normalized spacial score (nSPS) is 12.2. The number of rotatable bonds is 9. The molecule has 0 radical (unpaired) electrons. The molecule has 2 aromatic rings. The summed E-state index contributed by atoms with van der Waals surface area (Å²) in [7, 11) is 0. The maximum absolute atomic E-state index is 13.2. The molecular weight excluding hydrogens is 480 g/mol. The molecule has 31 heavy (non-hydrogen) atoms. The van der Waals surface area contributed by atoms with Crippen LogP contribution in [0.5, 0.6) is 5.75 Å². The highest BCUT2D eigenvalue weighted by Crippen LogP contribution is 2.28. The van der Waals surface area contributed by atoms with E-state index in [-0.39, 0.29) is 24.0 Å². The zero-order chi connectivity index (χ0) is 23.0. The van der Waals surface area contributed by atoms with E-state index in [4.69, 9.17) is 16.3 Å². The van der Waals surface area contributed by atoms with Crippen LogP contribution in [0.4, 0.5) is 0 Å². The van der Waals surface area contributed by atoms with Gasteiger partial charge in [0, 0.05) is 17.1 Å². The second-order valence-electron chi connectivity index (χ2n) is 8.35. The molecule has 0 saturated carbocycles. The van der Waals surface area contributed by atoms with Crippen LogP contribution in [-0.4, -0.2) is 41.4 Å². The Bertz CT molecular complexity index is 884. The first-order chi connectivity index (χ1) is 14.6. The van der Waals surface area contributed by atoms with Crippen LogP contribution in [0.2, 0.25) is 5.02 Å². The molecule has 0 fully saturated rings. The van der Waals surface area contributed by atoms with Crippen LogP contribution >= 0.6 is 27.5 Å². The summed E-state index contributed by atoms with van der Waals surface area (Å²) < 4.78 is 6.40. The summed E-state index contributed by atoms with van der Waals surface area (Å²) in [4.78, 5) is 27.7. The fourth-order valence-electron chi connectivity index (χ4n) is 3.16. The van der Waals surface area contributed by atoms with Gasteiger partial charge in [0.05, 0.1) is 4.47 Å². The Morgan fingerprint density at radius 3 is 2.42 bits per heavy atom. The van der Waals surface area contributed by atoms with Gasteiger partial charge in [0.2, 0.25) is 5.91 Å². The Hall–Kier alpha value is -2.05. The van der Waals surface area contributed by atoms with Crippen molar-refractivity contribution in [2.75, 3.05) is 13.2 Å². The van der Waals surface area contributed by atoms with E-state index in [1.54, 1.807) is 23.1 Å². The lowest BCUT2D eigenvalue weighted by atomic mass is 10.1. The molecule has 0 aliphatic carbocycles. The van der Waals surface area contributed by atoms with Gasteiger partial charge in [0.15, 0.2) is 6.61 Å². The van der Waals surface area contributed by atoms with Gasteiger partial charge in [-0.15, -0.1) is 0 Å². The van der Waals surface area contributed by atoms with Crippen LogP contribution < -0.4 is 10.1 Å². The lowest BCUT2D eigenvalue weighted by Gasteiger charge is -2.33. The van der Waals surface area contributed by atoms with Gasteiger partial charge >= 0.3 is 0 Å². The molecule has 0 saturated heterocycles. The average molecular weight is 510 g/mol. The van der Waals surface area contributed by atoms with E-state index in [0.29, 0.717) is 34.6 Å². The highest BCUT2D eigenvalue weighted by atomic mass is 79.9. The molecule has 168 valence electrons. The molecule has 0 aliphatic rings. The number of ether oxygens (including phenoxy) is 1. The number of hydrogen-bond acceptors (Lipinski definition) is 3. The van der Waals surface area contributed by atoms with Crippen molar-refractivity contribution >= 4 is 39.3 Å². The third kappa shape index (κ3) is 8.19. The minimum absolute atomic E-state index is 0.163. The van der Waals surface area contributed by atoms with Crippen LogP contribution in [0.15, 0.2) is 53.0 Å². The number of carbonyl (C=O) groups excluding carboxylic acids is 2. The maximum Gasteiger partial charge on any atom is 0.261 e. The molecule has 7 heteroatoms. The van der Waals surface area contributed by atoms with Crippen molar-refractivity contribution in [1.29, 1.82) is 0 Å². The minimum Gasteiger partial charge on any atom is -0.483 e. The van der Waals surface area contributed by atoms with Crippen molar-refractivity contribution in [3.05, 3.63) is 63.6 Å². The van der Waals surface area contributed by atoms with E-state index < -0.39 is 6.04 Å². The van der Waals surface area contributed by atoms with Crippen LogP contribution in [0.3, 0.4) is 0 Å². The summed E-state index contributed by atoms with van der Waals surface area (Å²) >= 11 is 9.37. The first-order valence-electron chi connectivity index (χ1n) is 10.3. The van der Waals surface area contributed by atoms with Gasteiger partial charge in [-0.2, -0.15) is 0 Å². The topological polar surface area (TPSA) is 58.6 Å². The fraction of sp³-hybridized carbons (Fsp3) is 0.417. The second kappa shape index (κ2) is 11.5. The number of carbonyl (C=O) groups is 2. The molecule has 0 heterocycles. The van der Waals surface area contributed by atoms with Gasteiger partial charge in [-0.25, -0.2) is 0 Å². The van der Waals surface area contributed by atoms with Crippen molar-refractivity contribution < 1.29 is 14.3 Å². The number of benzene rings is 2. The molecule has 1 N–H and O–H groups in total. The summed E-state index contributed by atoms with van der Waals surface area (Å²) in [5, 5.41) is 3.57. The predicted octanol–water partition coefficient (Wildman–Crippen LogP) is 5.25. The van der Waals surface area contributed by atoms with Gasteiger partial charge in [0.25, 0.3) is 5.91 Å². The molecule has 1 atom stereocenters. The number of nitrogens with one attached hydrogen (secondary N) is 1. The summed E-state index contributed by atoms with van der Waals surface area (Å²) in [6, 6.07) is 14.4. The monoisotopic (exact) mass is 508 g/mol. The fourth-order valence-corrected chi connectivity index (χ4v) is 3.96. The Labute approximate surface area is 198 Å². The third-order valence-corrected chi connectivity index (χ3v) is 5.47. The predicted molar refractivity (Wildman–Crippen MR) is 128 cm³/mol. The van der Waals surface area contributed by atoms with E-state index in [2.05, 4.69) is 21.2 Å². The molecule has 5 nitrogen and oxygen atoms in total. The minimum atomic E-state index is -0.576. The lowest BCUT2D eigenvalue weighted by Crippen LogP contribution is -2.54. The van der Waals surface area contributed by atoms with Crippen molar-refractivity contribution in [2.45, 2.75) is 52.1 Å². The smallest absolute Gasteiger partial charge is 0.261 e. The molecule has 2 amide bonds. The second-order valence-corrected chi connectivity index (χ2v) is 9.64. The molecule has 0 unspecified atom stereocenters. The van der Waals surface area contributed by atoms with Crippen LogP contribution in [0.1, 0.15) is 39.7 Å². The summed E-state index contributed by atoms with van der Waals surface area (Å²) in [5.74, 6) is 0.116. The average Bonchev–Trinajstić information content (AvgIpc) is 2.69. The summed E-state index contributed by atoms with van der Waals surface area (Å²) in [6.45, 7) is 7.93. The standard InChI is InChI=1S/C24H30BrClN2O3/c1-5-20(23(30)27-24(2,3)4)28(14-13-17-9-7-6-8-10-17)22(29)16-31-21-12-11-18(26)15-19(21)25/h6-12,15,20H,5,13-14,16H2,1-4H3,(H,27,30)/t20-/m0/s1. The van der Waals surface area contributed by atoms with Gasteiger partial charge in [-0.1, -0.05) is 48.9 Å². The van der Waals surface area contributed by atoms with E-state index in [0.717, 1.165) is 5.56 Å². The van der Waals surface area contributed by atoms with Gasteiger partial charge in [-0.3, -0.25) is 9.59 Å². The van der Waals surface area contributed by atoms with Crippen LogP contribution in [0, 0.1) is 0 Å². The molecule has 0 bridgehead atoms. The quantitative estimate of drug-likeness (QED) is 0.502. The van der Waals surface area contributed by atoms with Crippen molar-refractivity contribution in [1.82, 2.24) is 10.2 Å². The molecule has 2 rings (SSSR count). The highest BCUT2D eigenvalue weighted by Gasteiger charge is 2.30. The van der Waals surface area contributed by atoms with Gasteiger partial charge in [0.1, 0.15) is 11.8 Å². The summed E-state index contributed by atoms with van der Waals surface area (Å²) in [5.41, 5.74) is 0.719. The Balaban J connectivity index is 2.17. The molecule has 0 aliphatic heterocycles. The maximum atomic E-state index is 13.2. The van der Waals surface area contributed by atoms with Crippen LogP contribution in [-0.2, 0) is 16.0 Å². The largest absolute Gasteiger partial charge is 0.483 e. The SMILES string of the molecule is CC[C@@H](C(=O)NC(C)(C)C)N(CCc1ccccc1)C(=O)COc1ccc(Cl)cc1Br. The van der Waals surface area contributed by atoms with Crippen LogP contribution in [0.25, 0.3) is 0 Å². The van der Waals surface area contributed by atoms with Crippen molar-refractivity contribution in [2.24, 2.45) is 0 Å². The first-order valence-corrected chi connectivity index (χ1v) is 11.5. The van der Waals surface area contributed by atoms with Gasteiger partial charge in [-0.05, 0) is 73.3 Å². The van der Waals surface area contributed by atoms with Gasteiger partial charge < -0.3 is 15.0 Å². The molecule has 0 spiro atoms. The Morgan fingerprint density at radius 1 is 1.16 bits per heavy atom. The number of hydrogen-bond donors (Lipinski definition) is 1. The van der Waals surface area contributed by atoms with Crippen molar-refractivity contribution in [3.63, 3.8) is 0 Å². The molecular formula is C24H30BrClN2O3. The lowest BCUT2D eigenvalue weighted by molar-refractivity contribution is -0.142.